The fraction of sp³-hybridized carbons (Fsp3) is 1.00. The van der Waals surface area contributed by atoms with Gasteiger partial charge in [0.1, 0.15) is 0 Å². The highest BCUT2D eigenvalue weighted by molar-refractivity contribution is 4.91. The van der Waals surface area contributed by atoms with Crippen molar-refractivity contribution < 1.29 is 0 Å². The monoisotopic (exact) mass is 209 g/mol. The molecule has 2 rings (SSSR count). The molecule has 0 aromatic heterocycles. The molecule has 3 atom stereocenters. The van der Waals surface area contributed by atoms with Gasteiger partial charge in [-0.3, -0.25) is 0 Å². The average Bonchev–Trinajstić information content (AvgIpc) is 2.73. The van der Waals surface area contributed by atoms with Gasteiger partial charge in [-0.05, 0) is 43.9 Å². The van der Waals surface area contributed by atoms with Crippen LogP contribution >= 0.6 is 0 Å². The number of nitrogens with one attached hydrogen (secondary N) is 1. The normalized spacial score (nSPS) is 35.8. The van der Waals surface area contributed by atoms with Gasteiger partial charge in [0.05, 0.1) is 0 Å². The average molecular weight is 209 g/mol. The van der Waals surface area contributed by atoms with Crippen LogP contribution < -0.4 is 5.32 Å². The molecule has 1 aliphatic heterocycles. The summed E-state index contributed by atoms with van der Waals surface area (Å²) in [6, 6.07) is 1.73. The molecule has 0 bridgehead atoms. The Kier molecular flexibility index (Phi) is 4.07. The second-order valence-corrected chi connectivity index (χ2v) is 5.66. The Morgan fingerprint density at radius 3 is 2.60 bits per heavy atom. The van der Waals surface area contributed by atoms with Gasteiger partial charge in [0.25, 0.3) is 0 Å². The molecule has 1 N–H and O–H groups in total. The lowest BCUT2D eigenvalue weighted by Crippen LogP contribution is -2.45. The standard InChI is InChI=1S/C14H27N/c1-3-11(4-2)10-13-9-8-12-6-5-7-14(12)15-13/h11-15H,3-10H2,1-2H3. The minimum absolute atomic E-state index is 0.842. The number of hydrogen-bond donors (Lipinski definition) is 1. The van der Waals surface area contributed by atoms with E-state index in [1.54, 1.807) is 0 Å². The molecule has 2 fully saturated rings. The third kappa shape index (κ3) is 2.75. The predicted molar refractivity (Wildman–Crippen MR) is 66.0 cm³/mol. The van der Waals surface area contributed by atoms with Crippen molar-refractivity contribution in [2.45, 2.75) is 77.3 Å². The van der Waals surface area contributed by atoms with E-state index in [0.717, 1.165) is 23.9 Å². The fourth-order valence-electron chi connectivity index (χ4n) is 3.61. The maximum Gasteiger partial charge on any atom is 0.00979 e. The van der Waals surface area contributed by atoms with Crippen molar-refractivity contribution >= 4 is 0 Å². The molecule has 2 aliphatic rings. The molecule has 1 saturated heterocycles. The van der Waals surface area contributed by atoms with E-state index in [9.17, 15) is 0 Å². The molecular weight excluding hydrogens is 182 g/mol. The first-order chi connectivity index (χ1) is 7.33. The molecule has 1 aliphatic carbocycles. The van der Waals surface area contributed by atoms with Crippen LogP contribution in [0.2, 0.25) is 0 Å². The summed E-state index contributed by atoms with van der Waals surface area (Å²) in [7, 11) is 0. The van der Waals surface area contributed by atoms with E-state index in [1.807, 2.05) is 0 Å². The first-order valence-corrected chi connectivity index (χ1v) is 7.09. The van der Waals surface area contributed by atoms with Crippen LogP contribution in [0.15, 0.2) is 0 Å². The summed E-state index contributed by atoms with van der Waals surface area (Å²) < 4.78 is 0. The highest BCUT2D eigenvalue weighted by Gasteiger charge is 2.33. The van der Waals surface area contributed by atoms with Gasteiger partial charge < -0.3 is 5.32 Å². The Labute approximate surface area is 95.0 Å². The molecule has 15 heavy (non-hydrogen) atoms. The summed E-state index contributed by atoms with van der Waals surface area (Å²) in [5.74, 6) is 1.99. The lowest BCUT2D eigenvalue weighted by Gasteiger charge is -2.35. The van der Waals surface area contributed by atoms with Crippen molar-refractivity contribution in [1.82, 2.24) is 5.32 Å². The number of piperidine rings is 1. The Morgan fingerprint density at radius 2 is 1.87 bits per heavy atom. The predicted octanol–water partition coefficient (Wildman–Crippen LogP) is 3.73. The maximum absolute atomic E-state index is 3.91. The van der Waals surface area contributed by atoms with Crippen LogP contribution in [0.5, 0.6) is 0 Å². The van der Waals surface area contributed by atoms with Crippen LogP contribution in [0.4, 0.5) is 0 Å². The number of fused-ring (bicyclic) bond motifs is 1. The van der Waals surface area contributed by atoms with E-state index in [4.69, 9.17) is 0 Å². The molecule has 0 aromatic rings. The Hall–Kier alpha value is -0.0400. The lowest BCUT2D eigenvalue weighted by atomic mass is 9.85. The van der Waals surface area contributed by atoms with E-state index in [0.29, 0.717) is 0 Å². The van der Waals surface area contributed by atoms with Crippen molar-refractivity contribution in [3.8, 4) is 0 Å². The van der Waals surface area contributed by atoms with Gasteiger partial charge in [0.2, 0.25) is 0 Å². The van der Waals surface area contributed by atoms with Crippen molar-refractivity contribution in [3.63, 3.8) is 0 Å². The Morgan fingerprint density at radius 1 is 1.07 bits per heavy atom. The van der Waals surface area contributed by atoms with E-state index < -0.39 is 0 Å². The van der Waals surface area contributed by atoms with Crippen LogP contribution in [0.25, 0.3) is 0 Å². The van der Waals surface area contributed by atoms with Crippen LogP contribution in [0, 0.1) is 11.8 Å². The molecule has 0 spiro atoms. The third-order valence-corrected chi connectivity index (χ3v) is 4.77. The van der Waals surface area contributed by atoms with E-state index >= 15 is 0 Å². The molecule has 1 saturated carbocycles. The third-order valence-electron chi connectivity index (χ3n) is 4.77. The summed E-state index contributed by atoms with van der Waals surface area (Å²) in [5.41, 5.74) is 0. The molecule has 0 radical (unpaired) electrons. The number of rotatable bonds is 4. The second-order valence-electron chi connectivity index (χ2n) is 5.66. The smallest absolute Gasteiger partial charge is 0.00979 e. The SMILES string of the molecule is CCC(CC)CC1CCC2CCCC2N1. The zero-order chi connectivity index (χ0) is 10.7. The summed E-state index contributed by atoms with van der Waals surface area (Å²) in [6.07, 6.45) is 11.5. The minimum Gasteiger partial charge on any atom is -0.311 e. The van der Waals surface area contributed by atoms with Gasteiger partial charge in [0.15, 0.2) is 0 Å². The molecule has 1 heterocycles. The maximum atomic E-state index is 3.91. The highest BCUT2D eigenvalue weighted by atomic mass is 15.0. The van der Waals surface area contributed by atoms with Crippen molar-refractivity contribution in [1.29, 1.82) is 0 Å². The van der Waals surface area contributed by atoms with Gasteiger partial charge in [0, 0.05) is 12.1 Å². The molecule has 1 nitrogen and oxygen atoms in total. The topological polar surface area (TPSA) is 12.0 Å². The lowest BCUT2D eigenvalue weighted by molar-refractivity contribution is 0.226. The van der Waals surface area contributed by atoms with Crippen LogP contribution in [0.1, 0.15) is 65.2 Å². The number of hydrogen-bond acceptors (Lipinski definition) is 1. The van der Waals surface area contributed by atoms with Crippen molar-refractivity contribution in [2.24, 2.45) is 11.8 Å². The van der Waals surface area contributed by atoms with Crippen molar-refractivity contribution in [3.05, 3.63) is 0 Å². The van der Waals surface area contributed by atoms with E-state index in [2.05, 4.69) is 19.2 Å². The quantitative estimate of drug-likeness (QED) is 0.744. The molecule has 0 amide bonds. The van der Waals surface area contributed by atoms with Crippen LogP contribution in [0.3, 0.4) is 0 Å². The summed E-state index contributed by atoms with van der Waals surface area (Å²) in [6.45, 7) is 4.69. The molecule has 3 unspecified atom stereocenters. The van der Waals surface area contributed by atoms with E-state index in [1.165, 1.54) is 51.4 Å². The zero-order valence-corrected chi connectivity index (χ0v) is 10.5. The fourth-order valence-corrected chi connectivity index (χ4v) is 3.61. The highest BCUT2D eigenvalue weighted by Crippen LogP contribution is 2.35. The first kappa shape index (κ1) is 11.4. The molecule has 0 aromatic carbocycles. The van der Waals surface area contributed by atoms with Crippen LogP contribution in [-0.4, -0.2) is 12.1 Å². The van der Waals surface area contributed by atoms with E-state index in [-0.39, 0.29) is 0 Å². The largest absolute Gasteiger partial charge is 0.311 e. The summed E-state index contributed by atoms with van der Waals surface area (Å²) in [5, 5.41) is 3.91. The van der Waals surface area contributed by atoms with Gasteiger partial charge >= 0.3 is 0 Å². The van der Waals surface area contributed by atoms with Gasteiger partial charge in [-0.25, -0.2) is 0 Å². The van der Waals surface area contributed by atoms with Gasteiger partial charge in [-0.15, -0.1) is 0 Å². The summed E-state index contributed by atoms with van der Waals surface area (Å²) >= 11 is 0. The second kappa shape index (κ2) is 5.34. The summed E-state index contributed by atoms with van der Waals surface area (Å²) in [4.78, 5) is 0. The Bertz CT molecular complexity index is 184. The van der Waals surface area contributed by atoms with Crippen LogP contribution in [-0.2, 0) is 0 Å². The zero-order valence-electron chi connectivity index (χ0n) is 10.5. The molecule has 1 heteroatoms. The van der Waals surface area contributed by atoms with Gasteiger partial charge in [-0.2, -0.15) is 0 Å². The minimum atomic E-state index is 0.842. The van der Waals surface area contributed by atoms with Crippen molar-refractivity contribution in [2.75, 3.05) is 0 Å². The Balaban J connectivity index is 1.79. The first-order valence-electron chi connectivity index (χ1n) is 7.09. The van der Waals surface area contributed by atoms with Gasteiger partial charge in [-0.1, -0.05) is 33.1 Å². The molecule has 88 valence electrons. The molecular formula is C14H27N.